The summed E-state index contributed by atoms with van der Waals surface area (Å²) in [5.41, 5.74) is 1.17. The van der Waals surface area contributed by atoms with Crippen LogP contribution < -0.4 is 10.6 Å². The summed E-state index contributed by atoms with van der Waals surface area (Å²) >= 11 is 12.8. The van der Waals surface area contributed by atoms with Gasteiger partial charge in [0.2, 0.25) is 17.7 Å². The number of rotatable bonds is 5. The quantitative estimate of drug-likeness (QED) is 0.683. The number of hydrogen-bond donors (Lipinski definition) is 2. The van der Waals surface area contributed by atoms with E-state index in [0.29, 0.717) is 33.4 Å². The van der Waals surface area contributed by atoms with E-state index >= 15 is 0 Å². The fourth-order valence-corrected chi connectivity index (χ4v) is 4.06. The van der Waals surface area contributed by atoms with Crippen LogP contribution in [0, 0.1) is 6.92 Å². The third-order valence-electron chi connectivity index (χ3n) is 5.09. The van der Waals surface area contributed by atoms with E-state index in [9.17, 15) is 14.4 Å². The topological polar surface area (TPSA) is 101 Å². The molecule has 0 aliphatic carbocycles. The lowest BCUT2D eigenvalue weighted by Crippen LogP contribution is -2.41. The molecule has 7 nitrogen and oxygen atoms in total. The summed E-state index contributed by atoms with van der Waals surface area (Å²) in [7, 11) is 0. The Hall–Kier alpha value is -2.51. The second-order valence-corrected chi connectivity index (χ2v) is 8.68. The predicted octanol–water partition coefficient (Wildman–Crippen LogP) is 3.21. The molecule has 158 valence electrons. The van der Waals surface area contributed by atoms with Gasteiger partial charge in [-0.05, 0) is 50.5 Å². The number of aromatic nitrogens is 2. The monoisotopic (exact) mass is 448 g/mol. The number of carbonyl (C=O) groups is 3. The van der Waals surface area contributed by atoms with Crippen LogP contribution in [0.1, 0.15) is 55.1 Å². The van der Waals surface area contributed by atoms with Crippen molar-refractivity contribution in [2.45, 2.75) is 51.5 Å². The van der Waals surface area contributed by atoms with Gasteiger partial charge in [-0.1, -0.05) is 23.2 Å². The third kappa shape index (κ3) is 4.63. The van der Waals surface area contributed by atoms with E-state index in [1.807, 2.05) is 6.92 Å². The number of carbonyl (C=O) groups excluding carboxylic acids is 3. The van der Waals surface area contributed by atoms with E-state index in [4.69, 9.17) is 23.2 Å². The predicted molar refractivity (Wildman–Crippen MR) is 113 cm³/mol. The molecule has 3 rings (SSSR count). The van der Waals surface area contributed by atoms with Crippen molar-refractivity contribution in [2.75, 3.05) is 0 Å². The van der Waals surface area contributed by atoms with Gasteiger partial charge in [0, 0.05) is 41.0 Å². The van der Waals surface area contributed by atoms with E-state index in [1.54, 1.807) is 38.4 Å². The van der Waals surface area contributed by atoms with Crippen LogP contribution in [0.25, 0.3) is 0 Å². The van der Waals surface area contributed by atoms with Crippen molar-refractivity contribution < 1.29 is 14.4 Å². The molecule has 1 fully saturated rings. The summed E-state index contributed by atoms with van der Waals surface area (Å²) in [6.07, 6.45) is 3.93. The van der Waals surface area contributed by atoms with Crippen molar-refractivity contribution in [3.63, 3.8) is 0 Å². The Morgan fingerprint density at radius 2 is 1.80 bits per heavy atom. The molecule has 1 saturated heterocycles. The molecule has 0 radical (unpaired) electrons. The van der Waals surface area contributed by atoms with E-state index in [2.05, 4.69) is 20.6 Å². The summed E-state index contributed by atoms with van der Waals surface area (Å²) in [4.78, 5) is 44.8. The van der Waals surface area contributed by atoms with Crippen LogP contribution in [0.5, 0.6) is 0 Å². The first-order valence-corrected chi connectivity index (χ1v) is 10.2. The Labute approximate surface area is 184 Å². The molecule has 0 unspecified atom stereocenters. The molecule has 2 heterocycles. The van der Waals surface area contributed by atoms with Gasteiger partial charge in [-0.25, -0.2) is 9.97 Å². The maximum Gasteiger partial charge on any atom is 0.234 e. The summed E-state index contributed by atoms with van der Waals surface area (Å²) < 4.78 is 0. The maximum absolute atomic E-state index is 12.7. The molecule has 1 aromatic heterocycles. The van der Waals surface area contributed by atoms with Crippen LogP contribution in [-0.2, 0) is 26.3 Å². The number of nitrogens with zero attached hydrogens (tertiary/aromatic N) is 2. The van der Waals surface area contributed by atoms with Crippen LogP contribution in [0.3, 0.4) is 0 Å². The second kappa shape index (κ2) is 8.70. The molecule has 9 heteroatoms. The number of halogens is 2. The standard InChI is InChI=1S/C21H22Cl2N4O3/c1-11-8-24-19(25-9-11)21(2,3)20(30)26-10-12-6-14(22)17(15(23)7-12)13-4-5-16(28)27-18(13)29/h6-9,13H,4-5,10H2,1-3H3,(H,26,30)(H,27,28,29)/t13-/m0/s1. The molecular formula is C21H22Cl2N4O3. The first kappa shape index (κ1) is 22.2. The molecule has 30 heavy (non-hydrogen) atoms. The highest BCUT2D eigenvalue weighted by Crippen LogP contribution is 2.37. The molecule has 1 aliphatic rings. The highest BCUT2D eigenvalue weighted by atomic mass is 35.5. The lowest BCUT2D eigenvalue weighted by atomic mass is 9.89. The van der Waals surface area contributed by atoms with Crippen molar-refractivity contribution in [3.8, 4) is 0 Å². The smallest absolute Gasteiger partial charge is 0.234 e. The zero-order valence-corrected chi connectivity index (χ0v) is 18.4. The number of benzene rings is 1. The van der Waals surface area contributed by atoms with Crippen LogP contribution >= 0.6 is 23.2 Å². The van der Waals surface area contributed by atoms with Crippen LogP contribution in [0.2, 0.25) is 10.0 Å². The number of amides is 3. The van der Waals surface area contributed by atoms with Gasteiger partial charge in [-0.2, -0.15) is 0 Å². The van der Waals surface area contributed by atoms with Gasteiger partial charge in [-0.15, -0.1) is 0 Å². The van der Waals surface area contributed by atoms with Gasteiger partial charge >= 0.3 is 0 Å². The largest absolute Gasteiger partial charge is 0.351 e. The van der Waals surface area contributed by atoms with Crippen molar-refractivity contribution >= 4 is 40.9 Å². The normalized spacial score (nSPS) is 16.9. The first-order valence-electron chi connectivity index (χ1n) is 9.48. The first-order chi connectivity index (χ1) is 14.1. The lowest BCUT2D eigenvalue weighted by molar-refractivity contribution is -0.134. The molecule has 1 atom stereocenters. The van der Waals surface area contributed by atoms with Gasteiger partial charge in [0.05, 0.1) is 5.92 Å². The fourth-order valence-electron chi connectivity index (χ4n) is 3.26. The van der Waals surface area contributed by atoms with Crippen LogP contribution in [-0.4, -0.2) is 27.7 Å². The second-order valence-electron chi connectivity index (χ2n) is 7.87. The Morgan fingerprint density at radius 1 is 1.20 bits per heavy atom. The third-order valence-corrected chi connectivity index (χ3v) is 5.71. The van der Waals surface area contributed by atoms with Gasteiger partial charge < -0.3 is 5.32 Å². The van der Waals surface area contributed by atoms with Crippen molar-refractivity contribution in [3.05, 3.63) is 57.1 Å². The summed E-state index contributed by atoms with van der Waals surface area (Å²) in [5.74, 6) is -1.11. The minimum Gasteiger partial charge on any atom is -0.351 e. The summed E-state index contributed by atoms with van der Waals surface area (Å²) in [5, 5.41) is 5.81. The zero-order valence-electron chi connectivity index (χ0n) is 16.9. The average molecular weight is 449 g/mol. The fraction of sp³-hybridized carbons (Fsp3) is 0.381. The van der Waals surface area contributed by atoms with E-state index in [0.717, 1.165) is 5.56 Å². The molecule has 0 saturated carbocycles. The highest BCUT2D eigenvalue weighted by molar-refractivity contribution is 6.36. The maximum atomic E-state index is 12.7. The zero-order chi connectivity index (χ0) is 22.1. The van der Waals surface area contributed by atoms with E-state index < -0.39 is 17.2 Å². The number of nitrogens with one attached hydrogen (secondary N) is 2. The van der Waals surface area contributed by atoms with Crippen LogP contribution in [0.15, 0.2) is 24.5 Å². The SMILES string of the molecule is Cc1cnc(C(C)(C)C(=O)NCc2cc(Cl)c([C@@H]3CCC(=O)NC3=O)c(Cl)c2)nc1. The Bertz CT molecular complexity index is 983. The summed E-state index contributed by atoms with van der Waals surface area (Å²) in [6.45, 7) is 5.57. The van der Waals surface area contributed by atoms with Gasteiger partial charge in [0.1, 0.15) is 11.2 Å². The van der Waals surface area contributed by atoms with Crippen LogP contribution in [0.4, 0.5) is 0 Å². The van der Waals surface area contributed by atoms with Crippen molar-refractivity contribution in [1.82, 2.24) is 20.6 Å². The molecule has 0 spiro atoms. The molecule has 1 aliphatic heterocycles. The molecule has 2 aromatic rings. The van der Waals surface area contributed by atoms with Gasteiger partial charge in [0.25, 0.3) is 0 Å². The minimum atomic E-state index is -0.923. The molecule has 0 bridgehead atoms. The molecule has 2 N–H and O–H groups in total. The Morgan fingerprint density at radius 3 is 2.37 bits per heavy atom. The van der Waals surface area contributed by atoms with Crippen molar-refractivity contribution in [2.24, 2.45) is 0 Å². The van der Waals surface area contributed by atoms with Gasteiger partial charge in [0.15, 0.2) is 0 Å². The van der Waals surface area contributed by atoms with Crippen molar-refractivity contribution in [1.29, 1.82) is 0 Å². The molecular weight excluding hydrogens is 427 g/mol. The molecule has 1 aromatic carbocycles. The molecule has 3 amide bonds. The number of imide groups is 1. The minimum absolute atomic E-state index is 0.198. The highest BCUT2D eigenvalue weighted by Gasteiger charge is 2.33. The van der Waals surface area contributed by atoms with E-state index in [-0.39, 0.29) is 24.8 Å². The Balaban J connectivity index is 1.73. The lowest BCUT2D eigenvalue weighted by Gasteiger charge is -2.24. The van der Waals surface area contributed by atoms with Gasteiger partial charge in [-0.3, -0.25) is 19.7 Å². The van der Waals surface area contributed by atoms with E-state index in [1.165, 1.54) is 0 Å². The number of aryl methyl sites for hydroxylation is 1. The Kier molecular flexibility index (Phi) is 6.43. The summed E-state index contributed by atoms with van der Waals surface area (Å²) in [6, 6.07) is 3.34. The number of hydrogen-bond acceptors (Lipinski definition) is 5. The average Bonchev–Trinajstić information content (AvgIpc) is 2.67. The number of piperidine rings is 1.